The molecule has 1 N–H and O–H groups in total. The van der Waals surface area contributed by atoms with Gasteiger partial charge in [-0.3, -0.25) is 4.79 Å². The van der Waals surface area contributed by atoms with Crippen LogP contribution in [0.25, 0.3) is 0 Å². The van der Waals surface area contributed by atoms with E-state index in [1.54, 1.807) is 25.3 Å². The number of rotatable bonds is 4. The summed E-state index contributed by atoms with van der Waals surface area (Å²) in [4.78, 5) is 12.1. The predicted octanol–water partition coefficient (Wildman–Crippen LogP) is 3.88. The Morgan fingerprint density at radius 1 is 1.25 bits per heavy atom. The van der Waals surface area contributed by atoms with Crippen LogP contribution in [-0.2, 0) is 6.54 Å². The zero-order chi connectivity index (χ0) is 14.5. The van der Waals surface area contributed by atoms with Crippen molar-refractivity contribution in [1.29, 1.82) is 0 Å². The summed E-state index contributed by atoms with van der Waals surface area (Å²) in [5, 5.41) is 3.46. The van der Waals surface area contributed by atoms with E-state index in [4.69, 9.17) is 16.3 Å². The molecule has 0 fully saturated rings. The smallest absolute Gasteiger partial charge is 0.252 e. The van der Waals surface area contributed by atoms with Crippen LogP contribution in [0.3, 0.4) is 0 Å². The molecule has 3 nitrogen and oxygen atoms in total. The largest absolute Gasteiger partial charge is 0.497 e. The minimum absolute atomic E-state index is 0.132. The van der Waals surface area contributed by atoms with Crippen LogP contribution in [0.2, 0.25) is 5.02 Å². The molecule has 0 radical (unpaired) electrons. The molecule has 1 amide bonds. The van der Waals surface area contributed by atoms with E-state index < -0.39 is 0 Å². The van der Waals surface area contributed by atoms with Crippen molar-refractivity contribution in [2.24, 2.45) is 0 Å². The first-order valence-electron chi connectivity index (χ1n) is 5.97. The van der Waals surface area contributed by atoms with Crippen LogP contribution in [0.15, 0.2) is 42.5 Å². The van der Waals surface area contributed by atoms with E-state index in [0.717, 1.165) is 14.9 Å². The number of halogens is 2. The van der Waals surface area contributed by atoms with Crippen LogP contribution < -0.4 is 10.1 Å². The summed E-state index contributed by atoms with van der Waals surface area (Å²) < 4.78 is 5.85. The van der Waals surface area contributed by atoms with Crippen molar-refractivity contribution in [3.8, 4) is 5.75 Å². The lowest BCUT2D eigenvalue weighted by Crippen LogP contribution is -2.23. The van der Waals surface area contributed by atoms with Gasteiger partial charge >= 0.3 is 0 Å². The van der Waals surface area contributed by atoms with Crippen LogP contribution in [0.4, 0.5) is 0 Å². The zero-order valence-corrected chi connectivity index (χ0v) is 13.7. The molecule has 0 aliphatic heterocycles. The molecular formula is C15H13ClINO2. The molecule has 104 valence electrons. The standard InChI is InChI=1S/C15H13ClINO2/c1-20-11-7-5-10(6-8-11)9-18-15(19)12-3-2-4-13(16)14(12)17/h2-8H,9H2,1H3,(H,18,19). The van der Waals surface area contributed by atoms with Gasteiger partial charge in [0.2, 0.25) is 0 Å². The molecule has 0 bridgehead atoms. The van der Waals surface area contributed by atoms with E-state index in [9.17, 15) is 4.79 Å². The molecule has 0 aromatic heterocycles. The molecule has 0 atom stereocenters. The van der Waals surface area contributed by atoms with E-state index in [0.29, 0.717) is 17.1 Å². The second-order valence-corrected chi connectivity index (χ2v) is 5.62. The third-order valence-electron chi connectivity index (χ3n) is 2.81. The Balaban J connectivity index is 2.02. The molecule has 0 heterocycles. The number of amides is 1. The predicted molar refractivity (Wildman–Crippen MR) is 88.3 cm³/mol. The first-order chi connectivity index (χ1) is 9.61. The number of nitrogens with one attached hydrogen (secondary N) is 1. The number of carbonyl (C=O) groups excluding carboxylic acids is 1. The van der Waals surface area contributed by atoms with Crippen molar-refractivity contribution in [1.82, 2.24) is 5.32 Å². The zero-order valence-electron chi connectivity index (χ0n) is 10.8. The highest BCUT2D eigenvalue weighted by Gasteiger charge is 2.11. The van der Waals surface area contributed by atoms with Gasteiger partial charge in [0.15, 0.2) is 0 Å². The van der Waals surface area contributed by atoms with Gasteiger partial charge in [-0.05, 0) is 52.4 Å². The van der Waals surface area contributed by atoms with Gasteiger partial charge in [-0.2, -0.15) is 0 Å². The molecular weight excluding hydrogens is 389 g/mol. The van der Waals surface area contributed by atoms with Gasteiger partial charge in [-0.25, -0.2) is 0 Å². The first-order valence-corrected chi connectivity index (χ1v) is 7.42. The lowest BCUT2D eigenvalue weighted by molar-refractivity contribution is 0.0950. The number of hydrogen-bond acceptors (Lipinski definition) is 2. The molecule has 0 saturated heterocycles. The summed E-state index contributed by atoms with van der Waals surface area (Å²) in [6.45, 7) is 0.464. The van der Waals surface area contributed by atoms with E-state index in [2.05, 4.69) is 27.9 Å². The second kappa shape index (κ2) is 6.95. The van der Waals surface area contributed by atoms with Crippen LogP contribution >= 0.6 is 34.2 Å². The monoisotopic (exact) mass is 401 g/mol. The molecule has 0 aliphatic rings. The Labute approximate surface area is 136 Å². The summed E-state index contributed by atoms with van der Waals surface area (Å²) in [6.07, 6.45) is 0. The molecule has 20 heavy (non-hydrogen) atoms. The van der Waals surface area contributed by atoms with Crippen LogP contribution in [-0.4, -0.2) is 13.0 Å². The van der Waals surface area contributed by atoms with Crippen LogP contribution in [0.5, 0.6) is 5.75 Å². The fourth-order valence-corrected chi connectivity index (χ4v) is 2.48. The maximum Gasteiger partial charge on any atom is 0.252 e. The molecule has 0 unspecified atom stereocenters. The summed E-state index contributed by atoms with van der Waals surface area (Å²) in [5.41, 5.74) is 1.60. The van der Waals surface area contributed by atoms with Gasteiger partial charge in [0.25, 0.3) is 5.91 Å². The maximum atomic E-state index is 12.1. The molecule has 2 aromatic rings. The van der Waals surface area contributed by atoms with Gasteiger partial charge in [-0.15, -0.1) is 0 Å². The summed E-state index contributed by atoms with van der Waals surface area (Å²) in [5.74, 6) is 0.664. The molecule has 0 aliphatic carbocycles. The first kappa shape index (κ1) is 15.1. The highest BCUT2D eigenvalue weighted by Crippen LogP contribution is 2.22. The Kier molecular flexibility index (Phi) is 5.25. The number of carbonyl (C=O) groups is 1. The number of ether oxygens (including phenoxy) is 1. The Hall–Kier alpha value is -1.27. The second-order valence-electron chi connectivity index (χ2n) is 4.13. The number of benzene rings is 2. The number of hydrogen-bond donors (Lipinski definition) is 1. The van der Waals surface area contributed by atoms with Crippen molar-refractivity contribution >= 4 is 40.1 Å². The fourth-order valence-electron chi connectivity index (χ4n) is 1.70. The summed E-state index contributed by atoms with van der Waals surface area (Å²) >= 11 is 8.08. The average Bonchev–Trinajstić information content (AvgIpc) is 2.48. The molecule has 2 rings (SSSR count). The highest BCUT2D eigenvalue weighted by atomic mass is 127. The SMILES string of the molecule is COc1ccc(CNC(=O)c2cccc(Cl)c2I)cc1. The van der Waals surface area contributed by atoms with Gasteiger partial charge in [0, 0.05) is 10.1 Å². The normalized spacial score (nSPS) is 10.2. The number of methoxy groups -OCH3 is 1. The van der Waals surface area contributed by atoms with Gasteiger partial charge < -0.3 is 10.1 Å². The van der Waals surface area contributed by atoms with Crippen molar-refractivity contribution in [3.63, 3.8) is 0 Å². The van der Waals surface area contributed by atoms with Gasteiger partial charge in [-0.1, -0.05) is 29.8 Å². The van der Waals surface area contributed by atoms with Crippen molar-refractivity contribution < 1.29 is 9.53 Å². The minimum atomic E-state index is -0.132. The molecule has 0 spiro atoms. The van der Waals surface area contributed by atoms with Crippen LogP contribution in [0, 0.1) is 3.57 Å². The topological polar surface area (TPSA) is 38.3 Å². The summed E-state index contributed by atoms with van der Waals surface area (Å²) in [6, 6.07) is 12.9. The maximum absolute atomic E-state index is 12.1. The molecule has 0 saturated carbocycles. The summed E-state index contributed by atoms with van der Waals surface area (Å²) in [7, 11) is 1.62. The van der Waals surface area contributed by atoms with Crippen LogP contribution in [0.1, 0.15) is 15.9 Å². The molecule has 2 aromatic carbocycles. The average molecular weight is 402 g/mol. The van der Waals surface area contributed by atoms with Crippen molar-refractivity contribution in [2.45, 2.75) is 6.54 Å². The van der Waals surface area contributed by atoms with E-state index in [1.807, 2.05) is 24.3 Å². The third kappa shape index (κ3) is 3.64. The van der Waals surface area contributed by atoms with Gasteiger partial charge in [0.05, 0.1) is 17.7 Å². The Morgan fingerprint density at radius 2 is 1.95 bits per heavy atom. The van der Waals surface area contributed by atoms with Crippen molar-refractivity contribution in [2.75, 3.05) is 7.11 Å². The Bertz CT molecular complexity index is 614. The fraction of sp³-hybridized carbons (Fsp3) is 0.133. The minimum Gasteiger partial charge on any atom is -0.497 e. The Morgan fingerprint density at radius 3 is 2.60 bits per heavy atom. The van der Waals surface area contributed by atoms with E-state index >= 15 is 0 Å². The quantitative estimate of drug-likeness (QED) is 0.790. The van der Waals surface area contributed by atoms with E-state index in [-0.39, 0.29) is 5.91 Å². The van der Waals surface area contributed by atoms with Gasteiger partial charge in [0.1, 0.15) is 5.75 Å². The van der Waals surface area contributed by atoms with Crippen molar-refractivity contribution in [3.05, 3.63) is 62.2 Å². The highest BCUT2D eigenvalue weighted by molar-refractivity contribution is 14.1. The lowest BCUT2D eigenvalue weighted by atomic mass is 10.2. The third-order valence-corrected chi connectivity index (χ3v) is 4.60. The molecule has 5 heteroatoms. The van der Waals surface area contributed by atoms with E-state index in [1.165, 1.54) is 0 Å². The lowest BCUT2D eigenvalue weighted by Gasteiger charge is -2.08.